The van der Waals surface area contributed by atoms with Crippen molar-refractivity contribution in [3.05, 3.63) is 21.8 Å². The van der Waals surface area contributed by atoms with E-state index >= 15 is 0 Å². The Labute approximate surface area is 98.7 Å². The Morgan fingerprint density at radius 1 is 1.24 bits per heavy atom. The zero-order valence-corrected chi connectivity index (χ0v) is 10.6. The number of hydroxylamine groups is 1. The summed E-state index contributed by atoms with van der Waals surface area (Å²) in [6, 6.07) is 0. The third-order valence-electron chi connectivity index (χ3n) is 3.69. The van der Waals surface area contributed by atoms with Crippen LogP contribution in [0.5, 0.6) is 0 Å². The van der Waals surface area contributed by atoms with Crippen LogP contribution in [-0.2, 0) is 0 Å². The molecule has 92 valence electrons. The molecule has 1 N–H and O–H groups in total. The number of aryl methyl sites for hydroxylation is 1. The number of hydrogen-bond acceptors (Lipinski definition) is 4. The third-order valence-corrected chi connectivity index (χ3v) is 3.69. The Bertz CT molecular complexity index is 527. The van der Waals surface area contributed by atoms with Gasteiger partial charge < -0.3 is 5.21 Å². The highest BCUT2D eigenvalue weighted by Gasteiger charge is 2.69. The quantitative estimate of drug-likeness (QED) is 0.576. The second-order valence-electron chi connectivity index (χ2n) is 5.27. The number of aromatic amines is 1. The number of nitroso groups, excluding NO2 is 1. The number of nitrogens with one attached hydrogen (secondary N) is 1. The Kier molecular flexibility index (Phi) is 2.14. The first-order valence-electron chi connectivity index (χ1n) is 5.40. The Hall–Kier alpha value is -1.79. The molecular weight excluding hydrogens is 222 g/mol. The van der Waals surface area contributed by atoms with E-state index in [1.165, 1.54) is 0 Å². The van der Waals surface area contributed by atoms with Crippen LogP contribution in [0.15, 0.2) is 0 Å². The minimum absolute atomic E-state index is 0.0376. The molecule has 7 nitrogen and oxygen atoms in total. The smallest absolute Gasteiger partial charge is 0.544 e. The second-order valence-corrected chi connectivity index (χ2v) is 5.27. The van der Waals surface area contributed by atoms with Crippen molar-refractivity contribution in [2.24, 2.45) is 0 Å². The van der Waals surface area contributed by atoms with Gasteiger partial charge in [-0.1, -0.05) is 0 Å². The summed E-state index contributed by atoms with van der Waals surface area (Å²) in [5.41, 5.74) is -1.67. The molecule has 1 aliphatic heterocycles. The van der Waals surface area contributed by atoms with Crippen LogP contribution in [-0.4, -0.2) is 41.6 Å². The number of H-pyrrole nitrogens is 1. The molecule has 2 rings (SSSR count). The van der Waals surface area contributed by atoms with E-state index in [9.17, 15) is 10.1 Å². The van der Waals surface area contributed by atoms with Crippen molar-refractivity contribution in [2.45, 2.75) is 45.7 Å². The summed E-state index contributed by atoms with van der Waals surface area (Å²) in [7, 11) is 0. The fourth-order valence-electron chi connectivity index (χ4n) is 1.73. The van der Waals surface area contributed by atoms with Gasteiger partial charge in [-0.05, 0) is 6.92 Å². The molecule has 0 fully saturated rings. The van der Waals surface area contributed by atoms with E-state index in [2.05, 4.69) is 15.2 Å². The lowest BCUT2D eigenvalue weighted by atomic mass is 9.84. The van der Waals surface area contributed by atoms with Crippen LogP contribution < -0.4 is 0 Å². The van der Waals surface area contributed by atoms with E-state index in [-0.39, 0.29) is 11.7 Å². The standard InChI is InChI=1S/C10H16N5O2/c1-6-11-7(13-12-6)8-14(16)9(2,3)10(4,5)15(8)17/h1-5H3,(H,11,12,13)/q+1. The lowest BCUT2D eigenvalue weighted by Gasteiger charge is -2.22. The number of aromatic nitrogens is 3. The van der Waals surface area contributed by atoms with Gasteiger partial charge in [-0.25, -0.2) is 4.98 Å². The maximum absolute atomic E-state index is 12.2. The van der Waals surface area contributed by atoms with Crippen LogP contribution in [0.4, 0.5) is 0 Å². The first kappa shape index (κ1) is 11.7. The number of hydrogen-bond donors (Lipinski definition) is 1. The van der Waals surface area contributed by atoms with Gasteiger partial charge in [0.2, 0.25) is 5.54 Å². The topological polar surface area (TPSA) is 87.7 Å². The number of rotatable bonds is 1. The summed E-state index contributed by atoms with van der Waals surface area (Å²) in [5, 5.41) is 18.7. The maximum atomic E-state index is 12.2. The molecular formula is C10H16N5O2+. The molecule has 0 aliphatic carbocycles. The van der Waals surface area contributed by atoms with E-state index in [1.54, 1.807) is 34.6 Å². The van der Waals surface area contributed by atoms with Gasteiger partial charge in [0.15, 0.2) is 0 Å². The Balaban J connectivity index is 2.63. The SMILES string of the molecule is Cc1nc(C2=[N+]([O-])C(C)(C)C(C)(C)[N+]2=O)n[nH]1. The van der Waals surface area contributed by atoms with Crippen LogP contribution in [0.1, 0.15) is 39.3 Å². The highest BCUT2D eigenvalue weighted by molar-refractivity contribution is 5.85. The predicted octanol–water partition coefficient (Wildman–Crippen LogP) is 0.720. The average molecular weight is 238 g/mol. The maximum Gasteiger partial charge on any atom is 0.544 e. The first-order valence-corrected chi connectivity index (χ1v) is 5.40. The van der Waals surface area contributed by atoms with Gasteiger partial charge in [0, 0.05) is 32.6 Å². The largest absolute Gasteiger partial charge is 0.618 e. The summed E-state index contributed by atoms with van der Waals surface area (Å²) in [5.74, 6) is 0.673. The van der Waals surface area contributed by atoms with Crippen LogP contribution in [0, 0.1) is 17.0 Å². The van der Waals surface area contributed by atoms with Crippen molar-refractivity contribution in [1.82, 2.24) is 15.2 Å². The summed E-state index contributed by atoms with van der Waals surface area (Å²) in [4.78, 5) is 16.2. The average Bonchev–Trinajstić information content (AvgIpc) is 2.67. The van der Waals surface area contributed by atoms with E-state index in [4.69, 9.17) is 0 Å². The first-order chi connectivity index (χ1) is 7.69. The molecule has 1 aromatic rings. The van der Waals surface area contributed by atoms with Gasteiger partial charge >= 0.3 is 11.7 Å². The van der Waals surface area contributed by atoms with Crippen molar-refractivity contribution in [3.8, 4) is 0 Å². The predicted molar refractivity (Wildman–Crippen MR) is 60.6 cm³/mol. The summed E-state index contributed by atoms with van der Waals surface area (Å²) >= 11 is 0. The van der Waals surface area contributed by atoms with Gasteiger partial charge in [-0.3, -0.25) is 5.10 Å². The molecule has 0 spiro atoms. The van der Waals surface area contributed by atoms with Gasteiger partial charge in [-0.2, -0.15) is 0 Å². The van der Waals surface area contributed by atoms with E-state index in [1.807, 2.05) is 0 Å². The zero-order valence-electron chi connectivity index (χ0n) is 10.6. The van der Waals surface area contributed by atoms with E-state index < -0.39 is 11.1 Å². The molecule has 0 unspecified atom stereocenters. The molecule has 1 aliphatic rings. The second kappa shape index (κ2) is 3.12. The Morgan fingerprint density at radius 2 is 1.82 bits per heavy atom. The van der Waals surface area contributed by atoms with Gasteiger partial charge in [0.05, 0.1) is 0 Å². The monoisotopic (exact) mass is 238 g/mol. The van der Waals surface area contributed by atoms with Crippen LogP contribution in [0.3, 0.4) is 0 Å². The zero-order chi connectivity index (χ0) is 13.0. The molecule has 1 aromatic heterocycles. The highest BCUT2D eigenvalue weighted by Crippen LogP contribution is 2.34. The molecule has 0 bridgehead atoms. The Morgan fingerprint density at radius 3 is 2.18 bits per heavy atom. The summed E-state index contributed by atoms with van der Waals surface area (Å²) in [6.45, 7) is 8.65. The minimum Gasteiger partial charge on any atom is -0.618 e. The lowest BCUT2D eigenvalue weighted by Crippen LogP contribution is -2.50. The van der Waals surface area contributed by atoms with Crippen molar-refractivity contribution in [1.29, 1.82) is 0 Å². The van der Waals surface area contributed by atoms with Gasteiger partial charge in [-0.15, -0.1) is 9.84 Å². The van der Waals surface area contributed by atoms with Crippen LogP contribution >= 0.6 is 0 Å². The number of nitrogens with zero attached hydrogens (tertiary/aromatic N) is 4. The van der Waals surface area contributed by atoms with Gasteiger partial charge in [0.1, 0.15) is 10.6 Å². The molecule has 0 atom stereocenters. The summed E-state index contributed by atoms with van der Waals surface area (Å²) in [6.07, 6.45) is 0. The third kappa shape index (κ3) is 1.31. The molecule has 0 aromatic carbocycles. The number of amidine groups is 1. The van der Waals surface area contributed by atoms with Crippen LogP contribution in [0.2, 0.25) is 0 Å². The van der Waals surface area contributed by atoms with E-state index in [0.717, 1.165) is 0 Å². The van der Waals surface area contributed by atoms with E-state index in [0.29, 0.717) is 15.3 Å². The van der Waals surface area contributed by atoms with Crippen molar-refractivity contribution < 1.29 is 9.50 Å². The molecule has 0 saturated heterocycles. The molecule has 2 heterocycles. The summed E-state index contributed by atoms with van der Waals surface area (Å²) < 4.78 is 1.39. The molecule has 0 saturated carbocycles. The highest BCUT2D eigenvalue weighted by atomic mass is 16.5. The lowest BCUT2D eigenvalue weighted by molar-refractivity contribution is -0.555. The normalized spacial score (nSPS) is 22.3. The van der Waals surface area contributed by atoms with Crippen molar-refractivity contribution in [3.63, 3.8) is 0 Å². The molecule has 0 radical (unpaired) electrons. The fraction of sp³-hybridized carbons (Fsp3) is 0.700. The minimum atomic E-state index is -0.835. The molecule has 0 amide bonds. The van der Waals surface area contributed by atoms with Crippen LogP contribution in [0.25, 0.3) is 0 Å². The van der Waals surface area contributed by atoms with Crippen molar-refractivity contribution in [2.75, 3.05) is 0 Å². The fourth-order valence-corrected chi connectivity index (χ4v) is 1.73. The molecule has 17 heavy (non-hydrogen) atoms. The molecule has 7 heteroatoms. The van der Waals surface area contributed by atoms with Gasteiger partial charge in [0.25, 0.3) is 5.54 Å². The van der Waals surface area contributed by atoms with Crippen molar-refractivity contribution >= 4 is 5.84 Å².